The Bertz CT molecular complexity index is 3010. The smallest absolute Gasteiger partial charge is 0.136 e. The minimum absolute atomic E-state index is 0.0397. The van der Waals surface area contributed by atoms with Crippen LogP contribution in [0.25, 0.3) is 22.9 Å². The fourth-order valence-corrected chi connectivity index (χ4v) is 10.3. The molecule has 0 N–H and O–H groups in total. The van der Waals surface area contributed by atoms with E-state index in [0.717, 1.165) is 74.0 Å². The summed E-state index contributed by atoms with van der Waals surface area (Å²) in [6.45, 7) is 14.4. The van der Waals surface area contributed by atoms with Crippen molar-refractivity contribution in [2.45, 2.75) is 65.1 Å². The number of benzene rings is 3. The molecule has 1 aromatic heterocycles. The quantitative estimate of drug-likeness (QED) is 0.124. The third-order valence-corrected chi connectivity index (χ3v) is 13.3. The average Bonchev–Trinajstić information content (AvgIpc) is 3.87. The Morgan fingerprint density at radius 3 is 2.46 bits per heavy atom. The number of nitrogens with zero attached hydrogens (tertiary/aromatic N) is 5. The first-order valence-electron chi connectivity index (χ1n) is 21.5. The van der Waals surface area contributed by atoms with E-state index in [1.807, 2.05) is 42.5 Å². The SMILES string of the molecule is C#C/C=C\C(C)=C(/C)c1c(C)c(/C=C\C=C)n(-c2cc(C#N)c(N3C4=C(CC5(C)Oc6ccccc6C5=C4)C4C=C(N(c5ccccc5)C5C=CC=CC5)C=CC43)cc2C#N)c1C. The highest BCUT2D eigenvalue weighted by Gasteiger charge is 2.51. The number of hydrogen-bond donors (Lipinski definition) is 0. The molecule has 0 amide bonds. The van der Waals surface area contributed by atoms with Crippen LogP contribution in [0.1, 0.15) is 72.8 Å². The molecule has 4 unspecified atom stereocenters. The molecule has 3 heterocycles. The van der Waals surface area contributed by atoms with Crippen molar-refractivity contribution in [3.8, 4) is 35.9 Å². The first-order valence-corrected chi connectivity index (χ1v) is 21.5. The van der Waals surface area contributed by atoms with Gasteiger partial charge in [-0.1, -0.05) is 104 Å². The Balaban J connectivity index is 1.23. The molecule has 0 saturated heterocycles. The van der Waals surface area contributed by atoms with E-state index < -0.39 is 5.60 Å². The van der Waals surface area contributed by atoms with E-state index >= 15 is 0 Å². The van der Waals surface area contributed by atoms with Crippen LogP contribution in [-0.4, -0.2) is 22.3 Å². The maximum absolute atomic E-state index is 11.2. The lowest BCUT2D eigenvalue weighted by molar-refractivity contribution is 0.164. The number of anilines is 2. The molecule has 0 fully saturated rings. The first kappa shape index (κ1) is 40.7. The third kappa shape index (κ3) is 6.75. The monoisotopic (exact) mass is 819 g/mol. The van der Waals surface area contributed by atoms with Gasteiger partial charge in [-0.3, -0.25) is 0 Å². The second kappa shape index (κ2) is 16.3. The Labute approximate surface area is 371 Å². The summed E-state index contributed by atoms with van der Waals surface area (Å²) in [5.74, 6) is 3.44. The number of nitriles is 2. The lowest BCUT2D eigenvalue weighted by Gasteiger charge is -2.37. The largest absolute Gasteiger partial charge is 0.482 e. The fraction of sp³-hybridized carbons (Fsp3) is 0.193. The van der Waals surface area contributed by atoms with E-state index in [2.05, 4.69) is 165 Å². The summed E-state index contributed by atoms with van der Waals surface area (Å²) >= 11 is 0. The third-order valence-electron chi connectivity index (χ3n) is 13.3. The van der Waals surface area contributed by atoms with Gasteiger partial charge in [0, 0.05) is 57.5 Å². The van der Waals surface area contributed by atoms with Gasteiger partial charge in [0.2, 0.25) is 0 Å². The van der Waals surface area contributed by atoms with E-state index in [4.69, 9.17) is 11.2 Å². The molecule has 0 bridgehead atoms. The number of allylic oxidation sites excluding steroid dienone is 10. The Hall–Kier alpha value is -7.72. The second-order valence-corrected chi connectivity index (χ2v) is 17.0. The number of aromatic nitrogens is 1. The molecule has 0 saturated carbocycles. The van der Waals surface area contributed by atoms with Gasteiger partial charge < -0.3 is 19.1 Å². The maximum Gasteiger partial charge on any atom is 0.136 e. The first-order chi connectivity index (χ1) is 30.6. The highest BCUT2D eigenvalue weighted by Crippen LogP contribution is 2.56. The van der Waals surface area contributed by atoms with Crippen LogP contribution >= 0.6 is 0 Å². The highest BCUT2D eigenvalue weighted by molar-refractivity contribution is 5.87. The molecular formula is C57H49N5O. The summed E-state index contributed by atoms with van der Waals surface area (Å²) in [4.78, 5) is 4.74. The molecule has 0 radical (unpaired) electrons. The Kier molecular flexibility index (Phi) is 10.5. The maximum atomic E-state index is 11.2. The van der Waals surface area contributed by atoms with E-state index in [0.29, 0.717) is 28.9 Å². The standard InChI is InChI=1S/C57H49N5O/c1-8-10-20-37(3)38(4)56-39(5)50(26-11-9-2)60(40(56)6)52-30-42(36-59)53(31-41(52)35-58)62-51-29-28-45(61(43-21-14-12-15-22-43)44-23-16-13-17-24-44)32-47(51)48-34-57(7)49(33-54(48)62)46-25-18-19-27-55(46)63-57/h1,9-23,25-33,44,47,51H,2,24,34H2,3-7H3/b20-10-,26-11-,38-37+. The van der Waals surface area contributed by atoms with Crippen LogP contribution in [0.2, 0.25) is 0 Å². The zero-order chi connectivity index (χ0) is 44.0. The van der Waals surface area contributed by atoms with Gasteiger partial charge in [0.05, 0.1) is 34.6 Å². The van der Waals surface area contributed by atoms with Crippen LogP contribution in [0.4, 0.5) is 11.4 Å². The summed E-state index contributed by atoms with van der Waals surface area (Å²) in [7, 11) is 0. The predicted octanol–water partition coefficient (Wildman–Crippen LogP) is 12.6. The summed E-state index contributed by atoms with van der Waals surface area (Å²) in [5, 5.41) is 22.3. The van der Waals surface area contributed by atoms with Crippen molar-refractivity contribution >= 4 is 28.6 Å². The van der Waals surface area contributed by atoms with Crippen molar-refractivity contribution < 1.29 is 4.74 Å². The molecule has 308 valence electrons. The van der Waals surface area contributed by atoms with Crippen molar-refractivity contribution in [2.24, 2.45) is 5.92 Å². The van der Waals surface area contributed by atoms with E-state index in [9.17, 15) is 10.5 Å². The van der Waals surface area contributed by atoms with Gasteiger partial charge in [0.1, 0.15) is 23.5 Å². The van der Waals surface area contributed by atoms with Gasteiger partial charge in [-0.25, -0.2) is 0 Å². The number of para-hydroxylation sites is 2. The lowest BCUT2D eigenvalue weighted by Crippen LogP contribution is -2.38. The lowest BCUT2D eigenvalue weighted by atomic mass is 9.77. The van der Waals surface area contributed by atoms with Crippen LogP contribution < -0.4 is 14.5 Å². The molecule has 4 aromatic rings. The molecule has 6 heteroatoms. The zero-order valence-corrected chi connectivity index (χ0v) is 36.4. The van der Waals surface area contributed by atoms with Crippen LogP contribution in [0.5, 0.6) is 5.75 Å². The van der Waals surface area contributed by atoms with Gasteiger partial charge >= 0.3 is 0 Å². The Morgan fingerprint density at radius 2 is 1.73 bits per heavy atom. The van der Waals surface area contributed by atoms with E-state index in [-0.39, 0.29) is 18.0 Å². The molecule has 5 aliphatic rings. The van der Waals surface area contributed by atoms with E-state index in [1.165, 1.54) is 5.57 Å². The fourth-order valence-electron chi connectivity index (χ4n) is 10.3. The number of fused-ring (bicyclic) bond motifs is 5. The summed E-state index contributed by atoms with van der Waals surface area (Å²) in [6.07, 6.45) is 34.4. The topological polar surface area (TPSA) is 68.2 Å². The van der Waals surface area contributed by atoms with Crippen LogP contribution in [-0.2, 0) is 0 Å². The summed E-state index contributed by atoms with van der Waals surface area (Å²) < 4.78 is 8.92. The number of rotatable bonds is 9. The normalized spacial score (nSPS) is 22.0. The van der Waals surface area contributed by atoms with Crippen molar-refractivity contribution in [3.05, 3.63) is 208 Å². The van der Waals surface area contributed by atoms with Crippen molar-refractivity contribution in [2.75, 3.05) is 9.80 Å². The number of hydrogen-bond acceptors (Lipinski definition) is 5. The minimum atomic E-state index is -0.563. The molecule has 3 aliphatic carbocycles. The van der Waals surface area contributed by atoms with Crippen LogP contribution in [0, 0.1) is 54.8 Å². The summed E-state index contributed by atoms with van der Waals surface area (Å²) in [5.41, 5.74) is 14.6. The average molecular weight is 820 g/mol. The predicted molar refractivity (Wildman–Crippen MR) is 258 cm³/mol. The molecule has 9 rings (SSSR count). The van der Waals surface area contributed by atoms with Crippen molar-refractivity contribution in [3.63, 3.8) is 0 Å². The van der Waals surface area contributed by atoms with Crippen molar-refractivity contribution in [1.29, 1.82) is 10.5 Å². The highest BCUT2D eigenvalue weighted by atomic mass is 16.5. The Morgan fingerprint density at radius 1 is 0.984 bits per heavy atom. The second-order valence-electron chi connectivity index (χ2n) is 17.0. The van der Waals surface area contributed by atoms with Gasteiger partial charge in [-0.05, 0) is 118 Å². The van der Waals surface area contributed by atoms with Crippen LogP contribution in [0.3, 0.4) is 0 Å². The van der Waals surface area contributed by atoms with Gasteiger partial charge in [0.25, 0.3) is 0 Å². The number of ether oxygens (including phenoxy) is 1. The molecule has 2 aliphatic heterocycles. The minimum Gasteiger partial charge on any atom is -0.482 e. The molecule has 63 heavy (non-hydrogen) atoms. The molecule has 4 atom stereocenters. The molecule has 3 aromatic carbocycles. The number of terminal acetylenes is 1. The van der Waals surface area contributed by atoms with Gasteiger partial charge in [0.15, 0.2) is 0 Å². The summed E-state index contributed by atoms with van der Waals surface area (Å²) in [6, 6.07) is 27.8. The van der Waals surface area contributed by atoms with E-state index in [1.54, 1.807) is 12.2 Å². The molecule has 6 nitrogen and oxygen atoms in total. The van der Waals surface area contributed by atoms with Crippen molar-refractivity contribution in [1.82, 2.24) is 4.57 Å². The van der Waals surface area contributed by atoms with Crippen LogP contribution in [0.15, 0.2) is 169 Å². The van der Waals surface area contributed by atoms with Gasteiger partial charge in [-0.15, -0.1) is 6.42 Å². The molecule has 0 spiro atoms. The molecular weight excluding hydrogens is 771 g/mol. The van der Waals surface area contributed by atoms with Gasteiger partial charge in [-0.2, -0.15) is 10.5 Å². The zero-order valence-electron chi connectivity index (χ0n) is 36.4.